The van der Waals surface area contributed by atoms with Crippen LogP contribution in [0, 0.1) is 6.92 Å². The van der Waals surface area contributed by atoms with Crippen LogP contribution in [0.15, 0.2) is 28.8 Å². The highest BCUT2D eigenvalue weighted by Gasteiger charge is 2.11. The van der Waals surface area contributed by atoms with Crippen molar-refractivity contribution in [2.24, 2.45) is 0 Å². The van der Waals surface area contributed by atoms with Gasteiger partial charge in [0.15, 0.2) is 5.82 Å². The lowest BCUT2D eigenvalue weighted by Crippen LogP contribution is -2.03. The summed E-state index contributed by atoms with van der Waals surface area (Å²) < 4.78 is 31.2. The standard InChI is InChI=1S/C11H12N2O4S/c1-8-4-3-5-9(6-8)11-12-10(13-17-11)7-16-18(2,14)15/h3-6H,7H2,1-2H3. The van der Waals surface area contributed by atoms with Gasteiger partial charge in [0, 0.05) is 5.56 Å². The molecule has 1 heterocycles. The van der Waals surface area contributed by atoms with E-state index in [0.29, 0.717) is 5.89 Å². The molecule has 18 heavy (non-hydrogen) atoms. The van der Waals surface area contributed by atoms with Crippen molar-refractivity contribution in [2.45, 2.75) is 13.5 Å². The highest BCUT2D eigenvalue weighted by molar-refractivity contribution is 7.85. The third kappa shape index (κ3) is 3.38. The van der Waals surface area contributed by atoms with Crippen LogP contribution in [0.3, 0.4) is 0 Å². The van der Waals surface area contributed by atoms with Crippen LogP contribution in [-0.2, 0) is 20.9 Å². The minimum Gasteiger partial charge on any atom is -0.334 e. The molecule has 0 aliphatic rings. The van der Waals surface area contributed by atoms with Gasteiger partial charge in [-0.3, -0.25) is 4.18 Å². The molecule has 0 spiro atoms. The van der Waals surface area contributed by atoms with Gasteiger partial charge in [0.05, 0.1) is 6.26 Å². The maximum atomic E-state index is 10.8. The Morgan fingerprint density at radius 2 is 2.17 bits per heavy atom. The Morgan fingerprint density at radius 3 is 2.83 bits per heavy atom. The summed E-state index contributed by atoms with van der Waals surface area (Å²) in [5, 5.41) is 3.65. The Kier molecular flexibility index (Phi) is 3.44. The summed E-state index contributed by atoms with van der Waals surface area (Å²) in [5.74, 6) is 0.530. The second kappa shape index (κ2) is 4.87. The van der Waals surface area contributed by atoms with Crippen LogP contribution >= 0.6 is 0 Å². The molecule has 0 bridgehead atoms. The molecule has 2 aromatic rings. The van der Waals surface area contributed by atoms with Gasteiger partial charge in [-0.25, -0.2) is 0 Å². The molecule has 0 atom stereocenters. The molecule has 0 amide bonds. The molecule has 6 nitrogen and oxygen atoms in total. The van der Waals surface area contributed by atoms with E-state index in [9.17, 15) is 8.42 Å². The average Bonchev–Trinajstić information content (AvgIpc) is 2.74. The minimum absolute atomic E-state index is 0.192. The van der Waals surface area contributed by atoms with Crippen molar-refractivity contribution in [3.63, 3.8) is 0 Å². The first-order valence-corrected chi connectivity index (χ1v) is 7.00. The van der Waals surface area contributed by atoms with E-state index in [0.717, 1.165) is 17.4 Å². The summed E-state index contributed by atoms with van der Waals surface area (Å²) in [6.07, 6.45) is 0.967. The van der Waals surface area contributed by atoms with Crippen molar-refractivity contribution < 1.29 is 17.1 Å². The molecule has 1 aromatic heterocycles. The van der Waals surface area contributed by atoms with Crippen LogP contribution in [0.1, 0.15) is 11.4 Å². The minimum atomic E-state index is -3.51. The summed E-state index contributed by atoms with van der Waals surface area (Å²) in [7, 11) is -3.51. The molecule has 0 aliphatic carbocycles. The van der Waals surface area contributed by atoms with E-state index in [1.165, 1.54) is 0 Å². The average molecular weight is 268 g/mol. The molecule has 0 unspecified atom stereocenters. The van der Waals surface area contributed by atoms with E-state index in [-0.39, 0.29) is 12.4 Å². The lowest BCUT2D eigenvalue weighted by molar-refractivity contribution is 0.293. The van der Waals surface area contributed by atoms with Gasteiger partial charge in [-0.1, -0.05) is 22.9 Å². The number of nitrogens with zero attached hydrogens (tertiary/aromatic N) is 2. The summed E-state index contributed by atoms with van der Waals surface area (Å²) in [6.45, 7) is 1.72. The predicted molar refractivity (Wildman–Crippen MR) is 64.1 cm³/mol. The maximum absolute atomic E-state index is 10.8. The zero-order valence-corrected chi connectivity index (χ0v) is 10.8. The first kappa shape index (κ1) is 12.7. The van der Waals surface area contributed by atoms with Crippen molar-refractivity contribution in [3.8, 4) is 11.5 Å². The second-order valence-electron chi connectivity index (χ2n) is 3.85. The first-order chi connectivity index (χ1) is 8.44. The molecule has 2 rings (SSSR count). The Morgan fingerprint density at radius 1 is 1.39 bits per heavy atom. The number of benzene rings is 1. The van der Waals surface area contributed by atoms with Gasteiger partial charge in [-0.15, -0.1) is 0 Å². The lowest BCUT2D eigenvalue weighted by atomic mass is 10.1. The molecule has 96 valence electrons. The van der Waals surface area contributed by atoms with Gasteiger partial charge in [-0.2, -0.15) is 13.4 Å². The molecule has 0 N–H and O–H groups in total. The van der Waals surface area contributed by atoms with E-state index in [4.69, 9.17) is 4.52 Å². The van der Waals surface area contributed by atoms with Crippen molar-refractivity contribution in [3.05, 3.63) is 35.7 Å². The van der Waals surface area contributed by atoms with Crippen molar-refractivity contribution in [1.29, 1.82) is 0 Å². The van der Waals surface area contributed by atoms with Gasteiger partial charge in [0.2, 0.25) is 0 Å². The summed E-state index contributed by atoms with van der Waals surface area (Å²) in [6, 6.07) is 7.56. The number of aryl methyl sites for hydroxylation is 1. The molecule has 0 saturated carbocycles. The summed E-state index contributed by atoms with van der Waals surface area (Å²) >= 11 is 0. The zero-order valence-electron chi connectivity index (χ0n) is 9.95. The Bertz CT molecular complexity index is 649. The van der Waals surface area contributed by atoms with E-state index >= 15 is 0 Å². The molecular weight excluding hydrogens is 256 g/mol. The van der Waals surface area contributed by atoms with Crippen LogP contribution in [0.2, 0.25) is 0 Å². The van der Waals surface area contributed by atoms with Crippen molar-refractivity contribution in [2.75, 3.05) is 6.26 Å². The number of hydrogen-bond acceptors (Lipinski definition) is 6. The van der Waals surface area contributed by atoms with E-state index < -0.39 is 10.1 Å². The third-order valence-corrected chi connectivity index (χ3v) is 2.68. The monoisotopic (exact) mass is 268 g/mol. The van der Waals surface area contributed by atoms with Gasteiger partial charge in [-0.05, 0) is 19.1 Å². The van der Waals surface area contributed by atoms with Crippen LogP contribution in [0.5, 0.6) is 0 Å². The molecule has 1 aromatic carbocycles. The van der Waals surface area contributed by atoms with E-state index in [1.54, 1.807) is 0 Å². The highest BCUT2D eigenvalue weighted by Crippen LogP contribution is 2.18. The van der Waals surface area contributed by atoms with Gasteiger partial charge in [0.1, 0.15) is 6.61 Å². The molecule has 0 saturated heterocycles. The predicted octanol–water partition coefficient (Wildman–Crippen LogP) is 1.52. The quantitative estimate of drug-likeness (QED) is 0.782. The fourth-order valence-corrected chi connectivity index (χ4v) is 1.69. The normalized spacial score (nSPS) is 11.7. The summed E-state index contributed by atoms with van der Waals surface area (Å²) in [5.41, 5.74) is 1.85. The van der Waals surface area contributed by atoms with Crippen LogP contribution in [0.25, 0.3) is 11.5 Å². The molecule has 0 radical (unpaired) electrons. The number of aromatic nitrogens is 2. The second-order valence-corrected chi connectivity index (χ2v) is 5.50. The van der Waals surface area contributed by atoms with Crippen molar-refractivity contribution >= 4 is 10.1 Å². The van der Waals surface area contributed by atoms with Gasteiger partial charge >= 0.3 is 0 Å². The fraction of sp³-hybridized carbons (Fsp3) is 0.273. The molecular formula is C11H12N2O4S. The van der Waals surface area contributed by atoms with Crippen LogP contribution in [0.4, 0.5) is 0 Å². The van der Waals surface area contributed by atoms with Crippen molar-refractivity contribution in [1.82, 2.24) is 10.1 Å². The van der Waals surface area contributed by atoms with E-state index in [1.807, 2.05) is 31.2 Å². The summed E-state index contributed by atoms with van der Waals surface area (Å²) in [4.78, 5) is 4.06. The molecule has 7 heteroatoms. The highest BCUT2D eigenvalue weighted by atomic mass is 32.2. The van der Waals surface area contributed by atoms with E-state index in [2.05, 4.69) is 14.3 Å². The Labute approximate surface area is 105 Å². The largest absolute Gasteiger partial charge is 0.334 e. The Hall–Kier alpha value is -1.73. The molecule has 0 aliphatic heterocycles. The Balaban J connectivity index is 2.16. The number of rotatable bonds is 4. The van der Waals surface area contributed by atoms with Crippen LogP contribution < -0.4 is 0 Å². The zero-order chi connectivity index (χ0) is 13.2. The number of hydrogen-bond donors (Lipinski definition) is 0. The molecule has 0 fully saturated rings. The van der Waals surface area contributed by atoms with Gasteiger partial charge in [0.25, 0.3) is 16.0 Å². The lowest BCUT2D eigenvalue weighted by Gasteiger charge is -1.95. The fourth-order valence-electron chi connectivity index (χ4n) is 1.37. The SMILES string of the molecule is Cc1cccc(-c2nc(COS(C)(=O)=O)no2)c1. The first-order valence-electron chi connectivity index (χ1n) is 5.18. The third-order valence-electron chi connectivity index (χ3n) is 2.14. The maximum Gasteiger partial charge on any atom is 0.264 e. The van der Waals surface area contributed by atoms with Gasteiger partial charge < -0.3 is 4.52 Å². The smallest absolute Gasteiger partial charge is 0.264 e. The van der Waals surface area contributed by atoms with Crippen LogP contribution in [-0.4, -0.2) is 24.8 Å². The topological polar surface area (TPSA) is 82.3 Å².